The quantitative estimate of drug-likeness (QED) is 0.373. The minimum Gasteiger partial charge on any atom is -0.379 e. The molecule has 7 heteroatoms. The molecule has 7 nitrogen and oxygen atoms in total. The first-order valence-electron chi connectivity index (χ1n) is 12.7. The SMILES string of the molecule is CC(C)(C)NC(=O)c1ccc(-c2cccc3cnc(Nc4cccc(CN5CCOCC5)c4)nc23)cc1. The smallest absolute Gasteiger partial charge is 0.251 e. The number of fused-ring (bicyclic) bond motifs is 1. The number of anilines is 2. The van der Waals surface area contributed by atoms with E-state index < -0.39 is 0 Å². The molecule has 2 N–H and O–H groups in total. The van der Waals surface area contributed by atoms with E-state index in [1.54, 1.807) is 0 Å². The van der Waals surface area contributed by atoms with Crippen LogP contribution in [-0.2, 0) is 11.3 Å². The number of carbonyl (C=O) groups excluding carboxylic acids is 1. The molecule has 5 rings (SSSR count). The van der Waals surface area contributed by atoms with Crippen LogP contribution in [0.2, 0.25) is 0 Å². The summed E-state index contributed by atoms with van der Waals surface area (Å²) in [6.07, 6.45) is 1.84. The van der Waals surface area contributed by atoms with Gasteiger partial charge in [0.05, 0.1) is 18.7 Å². The van der Waals surface area contributed by atoms with Gasteiger partial charge in [-0.05, 0) is 56.2 Å². The van der Waals surface area contributed by atoms with Crippen LogP contribution in [0.5, 0.6) is 0 Å². The van der Waals surface area contributed by atoms with E-state index in [2.05, 4.69) is 38.7 Å². The summed E-state index contributed by atoms with van der Waals surface area (Å²) in [5.41, 5.74) is 5.39. The molecule has 0 saturated carbocycles. The largest absolute Gasteiger partial charge is 0.379 e. The summed E-state index contributed by atoms with van der Waals surface area (Å²) < 4.78 is 5.46. The van der Waals surface area contributed by atoms with Crippen molar-refractivity contribution in [1.29, 1.82) is 0 Å². The first-order valence-corrected chi connectivity index (χ1v) is 12.7. The Morgan fingerprint density at radius 2 is 1.76 bits per heavy atom. The molecule has 1 aliphatic rings. The third-order valence-corrected chi connectivity index (χ3v) is 6.25. The number of morpholine rings is 1. The normalized spacial score (nSPS) is 14.5. The van der Waals surface area contributed by atoms with Crippen molar-refractivity contribution in [3.8, 4) is 11.1 Å². The highest BCUT2D eigenvalue weighted by molar-refractivity contribution is 5.97. The minimum absolute atomic E-state index is 0.0818. The van der Waals surface area contributed by atoms with Crippen molar-refractivity contribution in [3.05, 3.63) is 84.1 Å². The Morgan fingerprint density at radius 3 is 2.51 bits per heavy atom. The predicted molar refractivity (Wildman–Crippen MR) is 148 cm³/mol. The van der Waals surface area contributed by atoms with Crippen molar-refractivity contribution in [2.75, 3.05) is 31.6 Å². The molecule has 3 aromatic carbocycles. The summed E-state index contributed by atoms with van der Waals surface area (Å²) in [6, 6.07) is 22.1. The average Bonchev–Trinajstić information content (AvgIpc) is 2.88. The maximum atomic E-state index is 12.5. The summed E-state index contributed by atoms with van der Waals surface area (Å²) >= 11 is 0. The molecule has 1 aromatic heterocycles. The molecule has 1 fully saturated rings. The number of ether oxygens (including phenoxy) is 1. The van der Waals surface area contributed by atoms with E-state index >= 15 is 0 Å². The molecule has 0 bridgehead atoms. The van der Waals surface area contributed by atoms with Crippen molar-refractivity contribution < 1.29 is 9.53 Å². The van der Waals surface area contributed by atoms with Gasteiger partial charge in [0.2, 0.25) is 5.95 Å². The number of hydrogen-bond acceptors (Lipinski definition) is 6. The molecular formula is C30H33N5O2. The van der Waals surface area contributed by atoms with Crippen LogP contribution in [-0.4, -0.2) is 52.6 Å². The molecule has 0 spiro atoms. The van der Waals surface area contributed by atoms with Gasteiger partial charge in [0.15, 0.2) is 0 Å². The number of rotatable bonds is 6. The summed E-state index contributed by atoms with van der Waals surface area (Å²) in [6.45, 7) is 10.3. The van der Waals surface area contributed by atoms with Gasteiger partial charge in [-0.25, -0.2) is 9.97 Å². The Kier molecular flexibility index (Phi) is 7.17. The van der Waals surface area contributed by atoms with Crippen LogP contribution in [0, 0.1) is 0 Å². The third kappa shape index (κ3) is 6.31. The van der Waals surface area contributed by atoms with Crippen LogP contribution in [0.15, 0.2) is 72.9 Å². The van der Waals surface area contributed by atoms with Crippen molar-refractivity contribution in [2.45, 2.75) is 32.9 Å². The lowest BCUT2D eigenvalue weighted by Crippen LogP contribution is -2.40. The second kappa shape index (κ2) is 10.7. The summed E-state index contributed by atoms with van der Waals surface area (Å²) in [5, 5.41) is 7.34. The van der Waals surface area contributed by atoms with Gasteiger partial charge in [0.1, 0.15) is 0 Å². The molecule has 1 aliphatic heterocycles. The van der Waals surface area contributed by atoms with E-state index in [-0.39, 0.29) is 11.4 Å². The van der Waals surface area contributed by atoms with Gasteiger partial charge < -0.3 is 15.4 Å². The molecule has 2 heterocycles. The van der Waals surface area contributed by atoms with Gasteiger partial charge in [-0.3, -0.25) is 9.69 Å². The number of carbonyl (C=O) groups is 1. The molecule has 1 saturated heterocycles. The first kappa shape index (κ1) is 24.9. The molecule has 0 atom stereocenters. The lowest BCUT2D eigenvalue weighted by molar-refractivity contribution is 0.0342. The van der Waals surface area contributed by atoms with Crippen LogP contribution in [0.25, 0.3) is 22.0 Å². The van der Waals surface area contributed by atoms with Gasteiger partial charge in [-0.15, -0.1) is 0 Å². The lowest BCUT2D eigenvalue weighted by atomic mass is 10.0. The van der Waals surface area contributed by atoms with Crippen molar-refractivity contribution >= 4 is 28.4 Å². The topological polar surface area (TPSA) is 79.4 Å². The van der Waals surface area contributed by atoms with E-state index in [0.29, 0.717) is 11.5 Å². The van der Waals surface area contributed by atoms with E-state index in [1.165, 1.54) is 5.56 Å². The third-order valence-electron chi connectivity index (χ3n) is 6.25. The highest BCUT2D eigenvalue weighted by Crippen LogP contribution is 2.28. The predicted octanol–water partition coefficient (Wildman–Crippen LogP) is 5.40. The van der Waals surface area contributed by atoms with Crippen LogP contribution in [0.4, 0.5) is 11.6 Å². The number of nitrogens with zero attached hydrogens (tertiary/aromatic N) is 3. The zero-order valence-electron chi connectivity index (χ0n) is 21.6. The summed E-state index contributed by atoms with van der Waals surface area (Å²) in [5.74, 6) is 0.464. The molecule has 0 radical (unpaired) electrons. The Balaban J connectivity index is 1.37. The fourth-order valence-corrected chi connectivity index (χ4v) is 4.46. The van der Waals surface area contributed by atoms with E-state index in [4.69, 9.17) is 9.72 Å². The Morgan fingerprint density at radius 1 is 1.00 bits per heavy atom. The van der Waals surface area contributed by atoms with Gasteiger partial charge in [-0.1, -0.05) is 42.5 Å². The monoisotopic (exact) mass is 495 g/mol. The maximum absolute atomic E-state index is 12.5. The van der Waals surface area contributed by atoms with E-state index in [9.17, 15) is 4.79 Å². The van der Waals surface area contributed by atoms with Gasteiger partial charge >= 0.3 is 0 Å². The second-order valence-electron chi connectivity index (χ2n) is 10.4. The Bertz CT molecular complexity index is 1390. The summed E-state index contributed by atoms with van der Waals surface area (Å²) in [7, 11) is 0. The fourth-order valence-electron chi connectivity index (χ4n) is 4.46. The van der Waals surface area contributed by atoms with Gasteiger partial charge in [0, 0.05) is 53.6 Å². The number of nitrogens with one attached hydrogen (secondary N) is 2. The molecule has 190 valence electrons. The molecule has 1 amide bonds. The zero-order chi connectivity index (χ0) is 25.8. The fraction of sp³-hybridized carbons (Fsp3) is 0.300. The molecular weight excluding hydrogens is 462 g/mol. The number of amides is 1. The standard InChI is InChI=1S/C30H33N5O2/c1-30(2,3)34-28(36)23-12-10-22(11-13-23)26-9-5-7-24-19-31-29(33-27(24)26)32-25-8-4-6-21(18-25)20-35-14-16-37-17-15-35/h4-13,18-19H,14-17,20H2,1-3H3,(H,34,36)(H,31,32,33). The van der Waals surface area contributed by atoms with Crippen molar-refractivity contribution in [1.82, 2.24) is 20.2 Å². The van der Waals surface area contributed by atoms with Gasteiger partial charge in [0.25, 0.3) is 5.91 Å². The first-order chi connectivity index (χ1) is 17.8. The second-order valence-corrected chi connectivity index (χ2v) is 10.4. The van der Waals surface area contributed by atoms with Crippen LogP contribution >= 0.6 is 0 Å². The molecule has 37 heavy (non-hydrogen) atoms. The number of hydrogen-bond donors (Lipinski definition) is 2. The number of aromatic nitrogens is 2. The highest BCUT2D eigenvalue weighted by atomic mass is 16.5. The van der Waals surface area contributed by atoms with Gasteiger partial charge in [-0.2, -0.15) is 0 Å². The van der Waals surface area contributed by atoms with Crippen molar-refractivity contribution in [3.63, 3.8) is 0 Å². The molecule has 0 unspecified atom stereocenters. The molecule has 0 aliphatic carbocycles. The Hall–Kier alpha value is -3.81. The lowest BCUT2D eigenvalue weighted by Gasteiger charge is -2.26. The number of benzene rings is 3. The Labute approximate surface area is 217 Å². The van der Waals surface area contributed by atoms with Crippen LogP contribution < -0.4 is 10.6 Å². The maximum Gasteiger partial charge on any atom is 0.251 e. The molecule has 4 aromatic rings. The van der Waals surface area contributed by atoms with E-state index in [1.807, 2.05) is 75.5 Å². The van der Waals surface area contributed by atoms with Crippen molar-refractivity contribution in [2.24, 2.45) is 0 Å². The zero-order valence-corrected chi connectivity index (χ0v) is 21.6. The minimum atomic E-state index is -0.284. The summed E-state index contributed by atoms with van der Waals surface area (Å²) in [4.78, 5) is 24.3. The van der Waals surface area contributed by atoms with Crippen LogP contribution in [0.1, 0.15) is 36.7 Å². The number of para-hydroxylation sites is 1. The van der Waals surface area contributed by atoms with E-state index in [0.717, 1.165) is 60.6 Å². The highest BCUT2D eigenvalue weighted by Gasteiger charge is 2.16. The average molecular weight is 496 g/mol. The van der Waals surface area contributed by atoms with Crippen LogP contribution in [0.3, 0.4) is 0 Å².